The van der Waals surface area contributed by atoms with E-state index in [-0.39, 0.29) is 24.1 Å². The van der Waals surface area contributed by atoms with Gasteiger partial charge in [0, 0.05) is 19.1 Å². The summed E-state index contributed by atoms with van der Waals surface area (Å²) in [5.41, 5.74) is 0.375. The summed E-state index contributed by atoms with van der Waals surface area (Å²) < 4.78 is 13.7. The molecule has 2 fully saturated rings. The molecule has 1 aromatic carbocycles. The molecule has 1 amide bonds. The molecule has 1 saturated carbocycles. The van der Waals surface area contributed by atoms with Crippen molar-refractivity contribution in [2.45, 2.75) is 50.0 Å². The molecule has 0 unspecified atom stereocenters. The minimum Gasteiger partial charge on any atom is -0.342 e. The van der Waals surface area contributed by atoms with Crippen LogP contribution in [0.25, 0.3) is 0 Å². The van der Waals surface area contributed by atoms with E-state index >= 15 is 0 Å². The Morgan fingerprint density at radius 1 is 1.26 bits per heavy atom. The van der Waals surface area contributed by atoms with Crippen LogP contribution in [-0.4, -0.2) is 37.0 Å². The molecule has 23 heavy (non-hydrogen) atoms. The first-order valence-electron chi connectivity index (χ1n) is 8.38. The lowest BCUT2D eigenvalue weighted by atomic mass is 9.77. The minimum atomic E-state index is -0.491. The molecule has 1 saturated heterocycles. The van der Waals surface area contributed by atoms with Gasteiger partial charge in [-0.05, 0) is 50.4 Å². The second-order valence-electron chi connectivity index (χ2n) is 6.65. The van der Waals surface area contributed by atoms with Gasteiger partial charge in [0.25, 0.3) is 0 Å². The molecule has 3 rings (SSSR count). The monoisotopic (exact) mass is 340 g/mol. The number of carbonyl (C=O) groups is 1. The van der Waals surface area contributed by atoms with Crippen molar-refractivity contribution in [3.05, 3.63) is 35.6 Å². The first-order valence-corrected chi connectivity index (χ1v) is 8.38. The van der Waals surface area contributed by atoms with Gasteiger partial charge >= 0.3 is 0 Å². The molecule has 0 atom stereocenters. The Bertz CT molecular complexity index is 538. The van der Waals surface area contributed by atoms with Crippen molar-refractivity contribution in [3.8, 4) is 0 Å². The highest BCUT2D eigenvalue weighted by Crippen LogP contribution is 2.43. The zero-order chi connectivity index (χ0) is 15.6. The van der Waals surface area contributed by atoms with E-state index in [1.54, 1.807) is 12.1 Å². The molecule has 1 N–H and O–H groups in total. The highest BCUT2D eigenvalue weighted by atomic mass is 35.5. The maximum absolute atomic E-state index is 13.7. The first kappa shape index (κ1) is 18.2. The number of nitrogens with one attached hydrogen (secondary N) is 1. The summed E-state index contributed by atoms with van der Waals surface area (Å²) in [6, 6.07) is 7.18. The normalized spacial score (nSPS) is 21.0. The lowest BCUT2D eigenvalue weighted by Crippen LogP contribution is -2.50. The molecule has 1 aliphatic carbocycles. The molecule has 0 spiro atoms. The number of likely N-dealkylation sites (tertiary alicyclic amines) is 1. The lowest BCUT2D eigenvalue weighted by molar-refractivity contribution is -0.138. The van der Waals surface area contributed by atoms with Crippen molar-refractivity contribution >= 4 is 18.3 Å². The Labute approximate surface area is 144 Å². The van der Waals surface area contributed by atoms with Crippen molar-refractivity contribution in [1.82, 2.24) is 10.2 Å². The highest BCUT2D eigenvalue weighted by molar-refractivity contribution is 5.88. The van der Waals surface area contributed by atoms with Crippen LogP contribution in [0.1, 0.15) is 44.1 Å². The van der Waals surface area contributed by atoms with Gasteiger partial charge in [-0.15, -0.1) is 12.4 Å². The Morgan fingerprint density at radius 2 is 1.91 bits per heavy atom. The van der Waals surface area contributed by atoms with Gasteiger partial charge in [0.15, 0.2) is 0 Å². The molecule has 0 radical (unpaired) electrons. The van der Waals surface area contributed by atoms with Crippen molar-refractivity contribution in [2.24, 2.45) is 0 Å². The molecule has 0 bridgehead atoms. The summed E-state index contributed by atoms with van der Waals surface area (Å²) in [4.78, 5) is 15.2. The summed E-state index contributed by atoms with van der Waals surface area (Å²) >= 11 is 0. The van der Waals surface area contributed by atoms with Crippen LogP contribution in [0.4, 0.5) is 4.39 Å². The van der Waals surface area contributed by atoms with Crippen LogP contribution in [0.15, 0.2) is 24.3 Å². The zero-order valence-corrected chi connectivity index (χ0v) is 14.5. The molecule has 1 heterocycles. The SMILES string of the molecule is CNC1CCN(C(=O)C2(c3cccc(F)c3)CCCC2)CC1.Cl. The summed E-state index contributed by atoms with van der Waals surface area (Å²) in [6.45, 7) is 1.61. The van der Waals surface area contributed by atoms with Gasteiger partial charge < -0.3 is 10.2 Å². The molecular formula is C18H26ClFN2O. The van der Waals surface area contributed by atoms with Crippen LogP contribution in [0.2, 0.25) is 0 Å². The average molecular weight is 341 g/mol. The van der Waals surface area contributed by atoms with Crippen molar-refractivity contribution in [3.63, 3.8) is 0 Å². The molecule has 5 heteroatoms. The molecule has 128 valence electrons. The third-order valence-corrected chi connectivity index (χ3v) is 5.43. The Kier molecular flexibility index (Phi) is 6.04. The van der Waals surface area contributed by atoms with Crippen LogP contribution in [-0.2, 0) is 10.2 Å². The lowest BCUT2D eigenvalue weighted by Gasteiger charge is -2.38. The standard InChI is InChI=1S/C18H25FN2O.ClH/c1-20-16-7-11-21(12-8-16)17(22)18(9-2-3-10-18)14-5-4-6-15(19)13-14;/h4-6,13,16,20H,2-3,7-12H2,1H3;1H. The predicted molar refractivity (Wildman–Crippen MR) is 92.5 cm³/mol. The van der Waals surface area contributed by atoms with E-state index in [1.165, 1.54) is 6.07 Å². The van der Waals surface area contributed by atoms with Gasteiger partial charge in [-0.25, -0.2) is 4.39 Å². The molecule has 0 aromatic heterocycles. The largest absolute Gasteiger partial charge is 0.342 e. The molecule has 1 aromatic rings. The number of halogens is 2. The van der Waals surface area contributed by atoms with Gasteiger partial charge in [-0.2, -0.15) is 0 Å². The van der Waals surface area contributed by atoms with E-state index in [9.17, 15) is 9.18 Å². The summed E-state index contributed by atoms with van der Waals surface area (Å²) in [6.07, 6.45) is 5.80. The topological polar surface area (TPSA) is 32.3 Å². The second kappa shape index (κ2) is 7.63. The number of hydrogen-bond donors (Lipinski definition) is 1. The minimum absolute atomic E-state index is 0. The molecular weight excluding hydrogens is 315 g/mol. The number of nitrogens with zero attached hydrogens (tertiary/aromatic N) is 1. The summed E-state index contributed by atoms with van der Waals surface area (Å²) in [5.74, 6) is -0.0318. The van der Waals surface area contributed by atoms with E-state index in [0.29, 0.717) is 6.04 Å². The summed E-state index contributed by atoms with van der Waals surface area (Å²) in [5, 5.41) is 3.29. The molecule has 2 aliphatic rings. The number of rotatable bonds is 3. The van der Waals surface area contributed by atoms with Crippen LogP contribution >= 0.6 is 12.4 Å². The molecule has 3 nitrogen and oxygen atoms in total. The highest BCUT2D eigenvalue weighted by Gasteiger charge is 2.45. The third kappa shape index (κ3) is 3.53. The zero-order valence-electron chi connectivity index (χ0n) is 13.7. The average Bonchev–Trinajstić information content (AvgIpc) is 3.05. The number of carbonyl (C=O) groups excluding carboxylic acids is 1. The van der Waals surface area contributed by atoms with Gasteiger partial charge in [0.05, 0.1) is 5.41 Å². The fourth-order valence-electron chi connectivity index (χ4n) is 4.06. The second-order valence-corrected chi connectivity index (χ2v) is 6.65. The molecule has 1 aliphatic heterocycles. The predicted octanol–water partition coefficient (Wildman–Crippen LogP) is 3.27. The van der Waals surface area contributed by atoms with Gasteiger partial charge in [-0.3, -0.25) is 4.79 Å². The fraction of sp³-hybridized carbons (Fsp3) is 0.611. The van der Waals surface area contributed by atoms with Crippen LogP contribution in [0, 0.1) is 5.82 Å². The number of amides is 1. The van der Waals surface area contributed by atoms with E-state index in [0.717, 1.165) is 57.2 Å². The van der Waals surface area contributed by atoms with Crippen molar-refractivity contribution in [2.75, 3.05) is 20.1 Å². The first-order chi connectivity index (χ1) is 10.7. The van der Waals surface area contributed by atoms with Gasteiger partial charge in [0.1, 0.15) is 5.82 Å². The van der Waals surface area contributed by atoms with Crippen LogP contribution in [0.5, 0.6) is 0 Å². The summed E-state index contributed by atoms with van der Waals surface area (Å²) in [7, 11) is 1.98. The maximum atomic E-state index is 13.7. The Morgan fingerprint density at radius 3 is 2.48 bits per heavy atom. The van der Waals surface area contributed by atoms with Crippen molar-refractivity contribution < 1.29 is 9.18 Å². The van der Waals surface area contributed by atoms with E-state index < -0.39 is 5.41 Å². The number of piperidine rings is 1. The Hall–Kier alpha value is -1.13. The van der Waals surface area contributed by atoms with Crippen LogP contribution in [0.3, 0.4) is 0 Å². The van der Waals surface area contributed by atoms with E-state index in [4.69, 9.17) is 0 Å². The quantitative estimate of drug-likeness (QED) is 0.916. The van der Waals surface area contributed by atoms with Crippen molar-refractivity contribution in [1.29, 1.82) is 0 Å². The van der Waals surface area contributed by atoms with E-state index in [1.807, 2.05) is 18.0 Å². The Balaban J connectivity index is 0.00000192. The van der Waals surface area contributed by atoms with Gasteiger partial charge in [0.2, 0.25) is 5.91 Å². The third-order valence-electron chi connectivity index (χ3n) is 5.43. The smallest absolute Gasteiger partial charge is 0.233 e. The maximum Gasteiger partial charge on any atom is 0.233 e. The van der Waals surface area contributed by atoms with E-state index in [2.05, 4.69) is 5.32 Å². The number of hydrogen-bond acceptors (Lipinski definition) is 2. The van der Waals surface area contributed by atoms with Gasteiger partial charge in [-0.1, -0.05) is 25.0 Å². The number of benzene rings is 1. The fourth-order valence-corrected chi connectivity index (χ4v) is 4.06. The van der Waals surface area contributed by atoms with Crippen LogP contribution < -0.4 is 5.32 Å².